The SMILES string of the molecule is CC(CNC(=O)c1cccc(F)c1N)CN1CCOCC1. The molecule has 1 atom stereocenters. The largest absolute Gasteiger partial charge is 0.396 e. The van der Waals surface area contributed by atoms with E-state index in [-0.39, 0.29) is 17.2 Å². The van der Waals surface area contributed by atoms with Gasteiger partial charge in [-0.2, -0.15) is 0 Å². The van der Waals surface area contributed by atoms with Crippen LogP contribution in [0.4, 0.5) is 10.1 Å². The van der Waals surface area contributed by atoms with Crippen LogP contribution in [0.2, 0.25) is 0 Å². The van der Waals surface area contributed by atoms with E-state index >= 15 is 0 Å². The summed E-state index contributed by atoms with van der Waals surface area (Å²) >= 11 is 0. The van der Waals surface area contributed by atoms with Gasteiger partial charge in [0.2, 0.25) is 0 Å². The lowest BCUT2D eigenvalue weighted by Gasteiger charge is -2.29. The molecule has 1 fully saturated rings. The van der Waals surface area contributed by atoms with E-state index in [2.05, 4.69) is 17.1 Å². The molecular weight excluding hydrogens is 273 g/mol. The van der Waals surface area contributed by atoms with E-state index in [1.54, 1.807) is 0 Å². The summed E-state index contributed by atoms with van der Waals surface area (Å²) in [6.07, 6.45) is 0. The average Bonchev–Trinajstić information content (AvgIpc) is 2.48. The number of hydrogen-bond acceptors (Lipinski definition) is 4. The van der Waals surface area contributed by atoms with Gasteiger partial charge in [-0.05, 0) is 18.1 Å². The zero-order valence-electron chi connectivity index (χ0n) is 12.3. The Bertz CT molecular complexity index is 490. The van der Waals surface area contributed by atoms with Crippen molar-refractivity contribution in [2.75, 3.05) is 45.1 Å². The van der Waals surface area contributed by atoms with Gasteiger partial charge in [-0.25, -0.2) is 4.39 Å². The number of morpholine rings is 1. The van der Waals surface area contributed by atoms with E-state index in [4.69, 9.17) is 10.5 Å². The second-order valence-corrected chi connectivity index (χ2v) is 5.43. The molecule has 1 heterocycles. The number of nitrogens with zero attached hydrogens (tertiary/aromatic N) is 1. The fourth-order valence-electron chi connectivity index (χ4n) is 2.39. The van der Waals surface area contributed by atoms with Crippen LogP contribution >= 0.6 is 0 Å². The number of halogens is 1. The Kier molecular flexibility index (Phi) is 5.52. The van der Waals surface area contributed by atoms with Crippen molar-refractivity contribution in [2.45, 2.75) is 6.92 Å². The summed E-state index contributed by atoms with van der Waals surface area (Å²) in [4.78, 5) is 14.3. The molecule has 21 heavy (non-hydrogen) atoms. The van der Waals surface area contributed by atoms with Crippen LogP contribution in [0, 0.1) is 11.7 Å². The number of anilines is 1. The maximum Gasteiger partial charge on any atom is 0.253 e. The first-order valence-corrected chi connectivity index (χ1v) is 7.20. The molecule has 0 saturated carbocycles. The summed E-state index contributed by atoms with van der Waals surface area (Å²) in [6, 6.07) is 4.26. The van der Waals surface area contributed by atoms with E-state index in [0.29, 0.717) is 12.5 Å². The van der Waals surface area contributed by atoms with Crippen molar-refractivity contribution in [3.05, 3.63) is 29.6 Å². The van der Waals surface area contributed by atoms with Gasteiger partial charge in [-0.15, -0.1) is 0 Å². The number of rotatable bonds is 5. The molecule has 2 rings (SSSR count). The third kappa shape index (κ3) is 4.41. The van der Waals surface area contributed by atoms with E-state index in [9.17, 15) is 9.18 Å². The van der Waals surface area contributed by atoms with Crippen LogP contribution in [-0.2, 0) is 4.74 Å². The number of carbonyl (C=O) groups excluding carboxylic acids is 1. The Labute approximate surface area is 124 Å². The fraction of sp³-hybridized carbons (Fsp3) is 0.533. The van der Waals surface area contributed by atoms with E-state index in [1.165, 1.54) is 18.2 Å². The Morgan fingerprint density at radius 3 is 2.90 bits per heavy atom. The molecule has 5 nitrogen and oxygen atoms in total. The Hall–Kier alpha value is -1.66. The van der Waals surface area contributed by atoms with Crippen molar-refractivity contribution in [1.29, 1.82) is 0 Å². The average molecular weight is 295 g/mol. The van der Waals surface area contributed by atoms with Gasteiger partial charge in [-0.3, -0.25) is 9.69 Å². The van der Waals surface area contributed by atoms with Crippen molar-refractivity contribution in [3.8, 4) is 0 Å². The van der Waals surface area contributed by atoms with Gasteiger partial charge in [0, 0.05) is 26.2 Å². The molecule has 1 amide bonds. The molecular formula is C15H22FN3O2. The van der Waals surface area contributed by atoms with Gasteiger partial charge in [-0.1, -0.05) is 13.0 Å². The highest BCUT2D eigenvalue weighted by Crippen LogP contribution is 2.15. The lowest BCUT2D eigenvalue weighted by atomic mass is 10.1. The van der Waals surface area contributed by atoms with Crippen molar-refractivity contribution >= 4 is 11.6 Å². The molecule has 1 aromatic carbocycles. The van der Waals surface area contributed by atoms with Crippen LogP contribution in [0.25, 0.3) is 0 Å². The third-order valence-corrected chi connectivity index (χ3v) is 3.58. The molecule has 0 aliphatic carbocycles. The predicted molar refractivity (Wildman–Crippen MR) is 79.6 cm³/mol. The number of hydrogen-bond donors (Lipinski definition) is 2. The Morgan fingerprint density at radius 2 is 2.19 bits per heavy atom. The molecule has 6 heteroatoms. The van der Waals surface area contributed by atoms with Crippen LogP contribution < -0.4 is 11.1 Å². The molecule has 0 radical (unpaired) electrons. The van der Waals surface area contributed by atoms with Crippen molar-refractivity contribution < 1.29 is 13.9 Å². The standard InChI is InChI=1S/C15H22FN3O2/c1-11(10-19-5-7-21-8-6-19)9-18-15(20)12-3-2-4-13(16)14(12)17/h2-4,11H,5-10,17H2,1H3,(H,18,20). The van der Waals surface area contributed by atoms with E-state index in [1.807, 2.05) is 0 Å². The molecule has 116 valence electrons. The normalized spacial score (nSPS) is 17.4. The molecule has 1 aliphatic rings. The molecule has 0 aromatic heterocycles. The van der Waals surface area contributed by atoms with Crippen molar-refractivity contribution in [1.82, 2.24) is 10.2 Å². The number of nitrogens with one attached hydrogen (secondary N) is 1. The zero-order valence-corrected chi connectivity index (χ0v) is 12.3. The number of nitrogens with two attached hydrogens (primary N) is 1. The molecule has 1 aromatic rings. The molecule has 1 saturated heterocycles. The van der Waals surface area contributed by atoms with Crippen LogP contribution in [0.3, 0.4) is 0 Å². The summed E-state index contributed by atoms with van der Waals surface area (Å²) in [5.74, 6) is -0.591. The smallest absolute Gasteiger partial charge is 0.253 e. The van der Waals surface area contributed by atoms with Gasteiger partial charge in [0.05, 0.1) is 24.5 Å². The lowest BCUT2D eigenvalue weighted by Crippen LogP contribution is -2.41. The fourth-order valence-corrected chi connectivity index (χ4v) is 2.39. The molecule has 3 N–H and O–H groups in total. The highest BCUT2D eigenvalue weighted by Gasteiger charge is 2.16. The summed E-state index contributed by atoms with van der Waals surface area (Å²) < 4.78 is 18.6. The highest BCUT2D eigenvalue weighted by atomic mass is 19.1. The number of amides is 1. The minimum absolute atomic E-state index is 0.101. The second-order valence-electron chi connectivity index (χ2n) is 5.43. The quantitative estimate of drug-likeness (QED) is 0.799. The predicted octanol–water partition coefficient (Wildman–Crippen LogP) is 1.11. The summed E-state index contributed by atoms with van der Waals surface area (Å²) in [7, 11) is 0. The molecule has 1 unspecified atom stereocenters. The molecule has 0 bridgehead atoms. The summed E-state index contributed by atoms with van der Waals surface area (Å²) in [5, 5.41) is 2.81. The minimum atomic E-state index is -0.566. The van der Waals surface area contributed by atoms with Gasteiger partial charge < -0.3 is 15.8 Å². The van der Waals surface area contributed by atoms with E-state index in [0.717, 1.165) is 32.8 Å². The van der Waals surface area contributed by atoms with Crippen LogP contribution in [-0.4, -0.2) is 50.2 Å². The zero-order chi connectivity index (χ0) is 15.2. The monoisotopic (exact) mass is 295 g/mol. The number of benzene rings is 1. The first-order valence-electron chi connectivity index (χ1n) is 7.20. The first-order chi connectivity index (χ1) is 10.1. The van der Waals surface area contributed by atoms with Crippen LogP contribution in [0.1, 0.15) is 17.3 Å². The van der Waals surface area contributed by atoms with Gasteiger partial charge in [0.15, 0.2) is 0 Å². The number of ether oxygens (including phenoxy) is 1. The topological polar surface area (TPSA) is 67.6 Å². The van der Waals surface area contributed by atoms with E-state index < -0.39 is 5.82 Å². The second kappa shape index (κ2) is 7.38. The number of carbonyl (C=O) groups is 1. The maximum atomic E-state index is 13.3. The maximum absolute atomic E-state index is 13.3. The summed E-state index contributed by atoms with van der Waals surface area (Å²) in [6.45, 7) is 6.89. The number of nitrogen functional groups attached to an aromatic ring is 1. The Balaban J connectivity index is 1.81. The van der Waals surface area contributed by atoms with Gasteiger partial charge >= 0.3 is 0 Å². The van der Waals surface area contributed by atoms with Crippen LogP contribution in [0.15, 0.2) is 18.2 Å². The lowest BCUT2D eigenvalue weighted by molar-refractivity contribution is 0.0317. The van der Waals surface area contributed by atoms with Gasteiger partial charge in [0.1, 0.15) is 5.82 Å². The molecule has 0 spiro atoms. The van der Waals surface area contributed by atoms with Crippen molar-refractivity contribution in [2.24, 2.45) is 5.92 Å². The Morgan fingerprint density at radius 1 is 1.48 bits per heavy atom. The third-order valence-electron chi connectivity index (χ3n) is 3.58. The first kappa shape index (κ1) is 15.7. The van der Waals surface area contributed by atoms with Crippen LogP contribution in [0.5, 0.6) is 0 Å². The number of para-hydroxylation sites is 1. The van der Waals surface area contributed by atoms with Gasteiger partial charge in [0.25, 0.3) is 5.91 Å². The minimum Gasteiger partial charge on any atom is -0.396 e. The molecule has 1 aliphatic heterocycles. The summed E-state index contributed by atoms with van der Waals surface area (Å²) in [5.41, 5.74) is 5.67. The van der Waals surface area contributed by atoms with Crippen molar-refractivity contribution in [3.63, 3.8) is 0 Å². The highest BCUT2D eigenvalue weighted by molar-refractivity contribution is 5.99.